The highest BCUT2D eigenvalue weighted by molar-refractivity contribution is 7.98. The van der Waals surface area contributed by atoms with Gasteiger partial charge in [0.05, 0.1) is 0 Å². The van der Waals surface area contributed by atoms with Crippen molar-refractivity contribution in [3.05, 3.63) is 0 Å². The highest BCUT2D eigenvalue weighted by Gasteiger charge is 2.21. The van der Waals surface area contributed by atoms with Crippen molar-refractivity contribution >= 4 is 17.7 Å². The summed E-state index contributed by atoms with van der Waals surface area (Å²) in [5.41, 5.74) is 0. The van der Waals surface area contributed by atoms with Crippen molar-refractivity contribution in [2.75, 3.05) is 32.1 Å². The van der Waals surface area contributed by atoms with Crippen LogP contribution in [0, 0.1) is 0 Å². The fourth-order valence-corrected chi connectivity index (χ4v) is 2.61. The average Bonchev–Trinajstić information content (AvgIpc) is 2.34. The number of likely N-dealkylation sites (tertiary alicyclic amines) is 1. The Morgan fingerprint density at radius 2 is 2.31 bits per heavy atom. The van der Waals surface area contributed by atoms with E-state index in [0.29, 0.717) is 11.9 Å². The van der Waals surface area contributed by atoms with Gasteiger partial charge in [0.15, 0.2) is 0 Å². The highest BCUT2D eigenvalue weighted by Crippen LogP contribution is 2.12. The number of nitrogens with zero attached hydrogens (tertiary/aromatic N) is 1. The molecule has 1 rings (SSSR count). The van der Waals surface area contributed by atoms with E-state index in [1.54, 1.807) is 0 Å². The number of nitrogens with one attached hydrogen (secondary N) is 1. The molecule has 1 aliphatic rings. The summed E-state index contributed by atoms with van der Waals surface area (Å²) in [6.45, 7) is 1.86. The van der Waals surface area contributed by atoms with Gasteiger partial charge in [0, 0.05) is 25.6 Å². The number of hydrogen-bond donors (Lipinski definition) is 1. The quantitative estimate of drug-likeness (QED) is 0.722. The number of unbranched alkanes of at least 4 members (excludes halogenated alkanes) is 1. The number of carbonyl (C=O) groups excluding carboxylic acids is 1. The van der Waals surface area contributed by atoms with Gasteiger partial charge in [-0.1, -0.05) is 0 Å². The lowest BCUT2D eigenvalue weighted by atomic mass is 10.1. The molecule has 1 unspecified atom stereocenters. The van der Waals surface area contributed by atoms with Gasteiger partial charge in [-0.3, -0.25) is 4.79 Å². The Balaban J connectivity index is 2.19. The summed E-state index contributed by atoms with van der Waals surface area (Å²) >= 11 is 1.86. The number of carbonyl (C=O) groups is 1. The number of hydrogen-bond acceptors (Lipinski definition) is 3. The lowest BCUT2D eigenvalue weighted by Crippen LogP contribution is -2.46. The first-order valence-corrected chi connectivity index (χ1v) is 7.61. The Bertz CT molecular complexity index is 211. The van der Waals surface area contributed by atoms with E-state index in [4.69, 9.17) is 0 Å². The molecule has 0 spiro atoms. The normalized spacial score (nSPS) is 21.1. The largest absolute Gasteiger partial charge is 0.341 e. The summed E-state index contributed by atoms with van der Waals surface area (Å²) in [4.78, 5) is 13.9. The summed E-state index contributed by atoms with van der Waals surface area (Å²) in [7, 11) is 1.98. The third-order valence-electron chi connectivity index (χ3n) is 3.17. The molecule has 3 nitrogen and oxygen atoms in total. The molecule has 1 amide bonds. The van der Waals surface area contributed by atoms with Gasteiger partial charge in [-0.15, -0.1) is 0 Å². The molecular formula is C12H24N2OS. The zero-order valence-electron chi connectivity index (χ0n) is 10.5. The van der Waals surface area contributed by atoms with Crippen molar-refractivity contribution < 1.29 is 4.79 Å². The maximum absolute atomic E-state index is 11.9. The molecule has 1 fully saturated rings. The van der Waals surface area contributed by atoms with Gasteiger partial charge in [-0.05, 0) is 44.7 Å². The maximum atomic E-state index is 11.9. The molecule has 0 radical (unpaired) electrons. The number of likely N-dealkylation sites (N-methyl/N-ethyl adjacent to an activating group) is 1. The SMILES string of the molecule is CNC1CCCN(C(=O)CCCCSC)C1. The van der Waals surface area contributed by atoms with Crippen LogP contribution in [0.15, 0.2) is 0 Å². The Hall–Kier alpha value is -0.220. The van der Waals surface area contributed by atoms with Gasteiger partial charge in [-0.25, -0.2) is 0 Å². The maximum Gasteiger partial charge on any atom is 0.222 e. The molecular weight excluding hydrogens is 220 g/mol. The number of thioether (sulfide) groups is 1. The van der Waals surface area contributed by atoms with E-state index in [-0.39, 0.29) is 0 Å². The van der Waals surface area contributed by atoms with E-state index in [9.17, 15) is 4.79 Å². The van der Waals surface area contributed by atoms with E-state index in [1.807, 2.05) is 23.7 Å². The first-order valence-electron chi connectivity index (χ1n) is 6.22. The molecule has 1 aliphatic heterocycles. The number of piperidine rings is 1. The average molecular weight is 244 g/mol. The molecule has 0 bridgehead atoms. The zero-order valence-corrected chi connectivity index (χ0v) is 11.3. The molecule has 16 heavy (non-hydrogen) atoms. The molecule has 0 aromatic carbocycles. The molecule has 0 aromatic heterocycles. The zero-order chi connectivity index (χ0) is 11.8. The van der Waals surface area contributed by atoms with Crippen molar-refractivity contribution in [1.29, 1.82) is 0 Å². The molecule has 1 N–H and O–H groups in total. The van der Waals surface area contributed by atoms with E-state index >= 15 is 0 Å². The van der Waals surface area contributed by atoms with Crippen LogP contribution < -0.4 is 5.32 Å². The van der Waals surface area contributed by atoms with Crippen molar-refractivity contribution in [2.24, 2.45) is 0 Å². The molecule has 1 heterocycles. The second-order valence-electron chi connectivity index (χ2n) is 4.42. The van der Waals surface area contributed by atoms with Crippen LogP contribution in [0.3, 0.4) is 0 Å². The fourth-order valence-electron chi connectivity index (χ4n) is 2.12. The third kappa shape index (κ3) is 4.74. The van der Waals surface area contributed by atoms with Gasteiger partial charge >= 0.3 is 0 Å². The molecule has 4 heteroatoms. The van der Waals surface area contributed by atoms with Crippen LogP contribution in [-0.4, -0.2) is 49.0 Å². The topological polar surface area (TPSA) is 32.3 Å². The van der Waals surface area contributed by atoms with E-state index in [0.717, 1.165) is 38.8 Å². The predicted octanol–water partition coefficient (Wildman–Crippen LogP) is 1.73. The Kier molecular flexibility index (Phi) is 6.88. The Morgan fingerprint density at radius 1 is 1.50 bits per heavy atom. The van der Waals surface area contributed by atoms with Crippen LogP contribution in [0.25, 0.3) is 0 Å². The summed E-state index contributed by atoms with van der Waals surface area (Å²) in [5.74, 6) is 1.52. The van der Waals surface area contributed by atoms with Gasteiger partial charge in [0.1, 0.15) is 0 Å². The smallest absolute Gasteiger partial charge is 0.222 e. The number of amides is 1. The lowest BCUT2D eigenvalue weighted by Gasteiger charge is -2.32. The third-order valence-corrected chi connectivity index (χ3v) is 3.87. The lowest BCUT2D eigenvalue weighted by molar-refractivity contribution is -0.132. The van der Waals surface area contributed by atoms with Crippen LogP contribution in [0.1, 0.15) is 32.1 Å². The summed E-state index contributed by atoms with van der Waals surface area (Å²) in [6, 6.07) is 0.504. The summed E-state index contributed by atoms with van der Waals surface area (Å²) in [6.07, 6.45) is 7.40. The van der Waals surface area contributed by atoms with Gasteiger partial charge in [-0.2, -0.15) is 11.8 Å². The minimum atomic E-state index is 0.348. The Morgan fingerprint density at radius 3 is 3.00 bits per heavy atom. The van der Waals surface area contributed by atoms with Crippen molar-refractivity contribution in [3.63, 3.8) is 0 Å². The first-order chi connectivity index (χ1) is 7.77. The van der Waals surface area contributed by atoms with E-state index in [2.05, 4.69) is 11.6 Å². The van der Waals surface area contributed by atoms with Crippen molar-refractivity contribution in [2.45, 2.75) is 38.1 Å². The van der Waals surface area contributed by atoms with Crippen LogP contribution in [0.5, 0.6) is 0 Å². The highest BCUT2D eigenvalue weighted by atomic mass is 32.2. The first kappa shape index (κ1) is 13.8. The van der Waals surface area contributed by atoms with Crippen LogP contribution in [-0.2, 0) is 4.79 Å². The van der Waals surface area contributed by atoms with E-state index in [1.165, 1.54) is 12.2 Å². The molecule has 0 aliphatic carbocycles. The molecule has 1 saturated heterocycles. The minimum Gasteiger partial charge on any atom is -0.341 e. The van der Waals surface area contributed by atoms with Gasteiger partial charge in [0.2, 0.25) is 5.91 Å². The van der Waals surface area contributed by atoms with Crippen molar-refractivity contribution in [3.8, 4) is 0 Å². The second kappa shape index (κ2) is 7.96. The predicted molar refractivity (Wildman–Crippen MR) is 70.9 cm³/mol. The monoisotopic (exact) mass is 244 g/mol. The van der Waals surface area contributed by atoms with Gasteiger partial charge in [0.25, 0.3) is 0 Å². The number of rotatable bonds is 6. The molecule has 1 atom stereocenters. The van der Waals surface area contributed by atoms with E-state index < -0.39 is 0 Å². The van der Waals surface area contributed by atoms with Gasteiger partial charge < -0.3 is 10.2 Å². The van der Waals surface area contributed by atoms with Crippen molar-refractivity contribution in [1.82, 2.24) is 10.2 Å². The second-order valence-corrected chi connectivity index (χ2v) is 5.40. The molecule has 0 saturated carbocycles. The minimum absolute atomic E-state index is 0.348. The fraction of sp³-hybridized carbons (Fsp3) is 0.917. The van der Waals surface area contributed by atoms with Crippen LogP contribution in [0.4, 0.5) is 0 Å². The summed E-state index contributed by atoms with van der Waals surface area (Å²) < 4.78 is 0. The summed E-state index contributed by atoms with van der Waals surface area (Å²) in [5, 5.41) is 3.27. The van der Waals surface area contributed by atoms with Crippen LogP contribution >= 0.6 is 11.8 Å². The molecule has 94 valence electrons. The Labute approximate surface area is 103 Å². The van der Waals surface area contributed by atoms with Crippen LogP contribution in [0.2, 0.25) is 0 Å². The molecule has 0 aromatic rings. The standard InChI is InChI=1S/C12H24N2OS/c1-13-11-6-5-8-14(10-11)12(15)7-3-4-9-16-2/h11,13H,3-10H2,1-2H3.